The first-order chi connectivity index (χ1) is 18.2. The molecule has 36 heavy (non-hydrogen) atoms. The minimum atomic E-state index is -1.44. The molecule has 0 radical (unpaired) electrons. The van der Waals surface area contributed by atoms with Gasteiger partial charge in [0.05, 0.1) is 16.7 Å². The molecule has 0 unspecified atom stereocenters. The van der Waals surface area contributed by atoms with Gasteiger partial charge in [0.2, 0.25) is 0 Å². The van der Waals surface area contributed by atoms with Crippen LogP contribution in [0.3, 0.4) is 0 Å². The zero-order chi connectivity index (χ0) is 26.2. The molecule has 0 aliphatic carbocycles. The number of para-hydroxylation sites is 3. The number of nitrogens with zero attached hydrogens (tertiary/aromatic N) is 2. The molecule has 0 saturated heterocycles. The monoisotopic (exact) mass is 488 g/mol. The fraction of sp³-hybridized carbons (Fsp3) is 0.156. The number of furan rings is 1. The van der Waals surface area contributed by atoms with Crippen LogP contribution in [0.4, 0.5) is 0 Å². The van der Waals surface area contributed by atoms with Gasteiger partial charge in [0.25, 0.3) is 0 Å². The highest BCUT2D eigenvalue weighted by Crippen LogP contribution is 2.39. The third kappa shape index (κ3) is 3.44. The molecule has 3 nitrogen and oxygen atoms in total. The number of rotatable bonds is 3. The molecule has 0 amide bonds. The summed E-state index contributed by atoms with van der Waals surface area (Å²) >= 11 is 1.63. The molecule has 0 aliphatic rings. The molecular formula is C32H26N2OS. The summed E-state index contributed by atoms with van der Waals surface area (Å²) < 4.78 is 26.9. The van der Waals surface area contributed by atoms with Gasteiger partial charge in [-0.1, -0.05) is 63.2 Å². The maximum atomic E-state index is 8.74. The predicted molar refractivity (Wildman–Crippen MR) is 152 cm³/mol. The molecule has 4 aromatic carbocycles. The zero-order valence-corrected chi connectivity index (χ0v) is 21.2. The highest BCUT2D eigenvalue weighted by atomic mass is 32.1. The summed E-state index contributed by atoms with van der Waals surface area (Å²) in [4.78, 5) is 5.08. The van der Waals surface area contributed by atoms with Crippen LogP contribution in [0, 0.1) is 5.41 Å². The van der Waals surface area contributed by atoms with Crippen LogP contribution in [0.1, 0.15) is 29.1 Å². The molecule has 0 fully saturated rings. The van der Waals surface area contributed by atoms with Crippen LogP contribution in [0.25, 0.3) is 60.1 Å². The molecule has 3 aromatic heterocycles. The van der Waals surface area contributed by atoms with Crippen molar-refractivity contribution < 1.29 is 7.16 Å². The van der Waals surface area contributed by atoms with Crippen molar-refractivity contribution in [3.8, 4) is 17.1 Å². The van der Waals surface area contributed by atoms with Gasteiger partial charge in [0, 0.05) is 40.6 Å². The Morgan fingerprint density at radius 2 is 1.64 bits per heavy atom. The Labute approximate surface area is 216 Å². The molecule has 0 bridgehead atoms. The van der Waals surface area contributed by atoms with E-state index in [0.717, 1.165) is 60.1 Å². The maximum absolute atomic E-state index is 8.74. The number of thiophene rings is 1. The minimum Gasteiger partial charge on any atom is -0.456 e. The van der Waals surface area contributed by atoms with E-state index >= 15 is 0 Å². The quantitative estimate of drug-likeness (QED) is 0.248. The first-order valence-corrected chi connectivity index (χ1v) is 13.0. The molecule has 176 valence electrons. The van der Waals surface area contributed by atoms with Crippen LogP contribution in [-0.4, -0.2) is 9.55 Å². The first-order valence-electron chi connectivity index (χ1n) is 13.1. The van der Waals surface area contributed by atoms with E-state index in [1.165, 1.54) is 0 Å². The second-order valence-electron chi connectivity index (χ2n) is 10.3. The zero-order valence-electron chi connectivity index (χ0n) is 22.4. The fourth-order valence-corrected chi connectivity index (χ4v) is 6.01. The molecule has 7 aromatic rings. The molecule has 3 heterocycles. The van der Waals surface area contributed by atoms with Crippen molar-refractivity contribution in [2.24, 2.45) is 5.41 Å². The third-order valence-electron chi connectivity index (χ3n) is 6.52. The van der Waals surface area contributed by atoms with E-state index in [1.54, 1.807) is 11.3 Å². The van der Waals surface area contributed by atoms with Crippen LogP contribution >= 0.6 is 11.3 Å². The smallest absolute Gasteiger partial charge is 0.147 e. The molecule has 0 aliphatic heterocycles. The van der Waals surface area contributed by atoms with Crippen LogP contribution in [0.15, 0.2) is 94.7 Å². The van der Waals surface area contributed by atoms with Gasteiger partial charge in [-0.3, -0.25) is 4.57 Å². The summed E-state index contributed by atoms with van der Waals surface area (Å²) in [5.74, 6) is 0.861. The van der Waals surface area contributed by atoms with Crippen LogP contribution in [-0.2, 0) is 6.37 Å². The second-order valence-corrected chi connectivity index (χ2v) is 11.2. The summed E-state index contributed by atoms with van der Waals surface area (Å²) in [6, 6.07) is 28.6. The average molecular weight is 489 g/mol. The van der Waals surface area contributed by atoms with Gasteiger partial charge >= 0.3 is 0 Å². The van der Waals surface area contributed by atoms with Crippen molar-refractivity contribution in [1.29, 1.82) is 0 Å². The van der Waals surface area contributed by atoms with E-state index < -0.39 is 11.8 Å². The summed E-state index contributed by atoms with van der Waals surface area (Å²) in [6.07, 6.45) is -1.44. The summed E-state index contributed by atoms with van der Waals surface area (Å²) in [7, 11) is 0. The van der Waals surface area contributed by atoms with E-state index in [9.17, 15) is 0 Å². The first kappa shape index (κ1) is 19.3. The van der Waals surface area contributed by atoms with E-state index in [2.05, 4.69) is 40.3 Å². The summed E-state index contributed by atoms with van der Waals surface area (Å²) in [6.45, 7) is 5.83. The highest BCUT2D eigenvalue weighted by Gasteiger charge is 2.19. The average Bonchev–Trinajstić information content (AvgIpc) is 3.59. The standard InChI is InChI=1S/C32H26N2OS/c1-32(2,3)18-20-12-14-24-25(19-36-30(24)16-20)31-33-26-9-5-6-10-27(26)34(31)21-13-15-23-22-8-4-7-11-28(22)35-29(23)17-21/h4-17,19H,18H2,1-3H3/i18D2. The molecule has 0 spiro atoms. The predicted octanol–water partition coefficient (Wildman–Crippen LogP) is 9.40. The van der Waals surface area contributed by atoms with Gasteiger partial charge < -0.3 is 4.42 Å². The van der Waals surface area contributed by atoms with Gasteiger partial charge in [0.1, 0.15) is 17.0 Å². The van der Waals surface area contributed by atoms with E-state index in [-0.39, 0.29) is 0 Å². The van der Waals surface area contributed by atoms with Gasteiger partial charge in [-0.05, 0) is 53.7 Å². The lowest BCUT2D eigenvalue weighted by Crippen LogP contribution is -2.08. The fourth-order valence-electron chi connectivity index (χ4n) is 5.03. The van der Waals surface area contributed by atoms with Gasteiger partial charge in [-0.15, -0.1) is 11.3 Å². The van der Waals surface area contributed by atoms with Crippen molar-refractivity contribution in [1.82, 2.24) is 9.55 Å². The van der Waals surface area contributed by atoms with Gasteiger partial charge in [-0.2, -0.15) is 0 Å². The van der Waals surface area contributed by atoms with E-state index in [1.807, 2.05) is 75.4 Å². The van der Waals surface area contributed by atoms with Crippen molar-refractivity contribution in [3.63, 3.8) is 0 Å². The molecule has 7 rings (SSSR count). The van der Waals surface area contributed by atoms with E-state index in [4.69, 9.17) is 12.1 Å². The van der Waals surface area contributed by atoms with Crippen LogP contribution < -0.4 is 0 Å². The maximum Gasteiger partial charge on any atom is 0.147 e. The SMILES string of the molecule is [2H]C([2H])(c1ccc2c(-c3nc4ccccc4n3-c3ccc4c(c3)oc3ccccc34)csc2c1)C(C)(C)C. The minimum absolute atomic E-state index is 0.510. The Kier molecular flexibility index (Phi) is 4.19. The number of benzene rings is 4. The van der Waals surface area contributed by atoms with Gasteiger partial charge in [0.15, 0.2) is 0 Å². The topological polar surface area (TPSA) is 31.0 Å². The van der Waals surface area contributed by atoms with Crippen molar-refractivity contribution >= 4 is 54.4 Å². The Morgan fingerprint density at radius 3 is 2.53 bits per heavy atom. The third-order valence-corrected chi connectivity index (χ3v) is 7.46. The number of hydrogen-bond acceptors (Lipinski definition) is 3. The van der Waals surface area contributed by atoms with Crippen molar-refractivity contribution in [2.45, 2.75) is 27.1 Å². The highest BCUT2D eigenvalue weighted by molar-refractivity contribution is 7.17. The molecule has 4 heteroatoms. The lowest BCUT2D eigenvalue weighted by atomic mass is 9.88. The Balaban J connectivity index is 1.44. The number of fused-ring (bicyclic) bond motifs is 5. The summed E-state index contributed by atoms with van der Waals surface area (Å²) in [5.41, 5.74) is 5.89. The normalized spacial score (nSPS) is 13.6. The Hall–Kier alpha value is -3.89. The number of hydrogen-bond donors (Lipinski definition) is 0. The van der Waals surface area contributed by atoms with Crippen LogP contribution in [0.5, 0.6) is 0 Å². The van der Waals surface area contributed by atoms with E-state index in [0.29, 0.717) is 5.56 Å². The van der Waals surface area contributed by atoms with Gasteiger partial charge in [-0.25, -0.2) is 4.98 Å². The molecule has 0 saturated carbocycles. The Morgan fingerprint density at radius 1 is 0.861 bits per heavy atom. The molecule has 0 atom stereocenters. The Bertz CT molecular complexity index is 2010. The van der Waals surface area contributed by atoms with Crippen LogP contribution in [0.2, 0.25) is 0 Å². The molecule has 0 N–H and O–H groups in total. The molecular weight excluding hydrogens is 460 g/mol. The largest absolute Gasteiger partial charge is 0.456 e. The number of aromatic nitrogens is 2. The van der Waals surface area contributed by atoms with Crippen molar-refractivity contribution in [3.05, 3.63) is 95.9 Å². The van der Waals surface area contributed by atoms with Crippen molar-refractivity contribution in [2.75, 3.05) is 0 Å². The second kappa shape index (κ2) is 7.81. The number of imidazole rings is 1. The summed E-state index contributed by atoms with van der Waals surface area (Å²) in [5, 5.41) is 5.42. The lowest BCUT2D eigenvalue weighted by molar-refractivity contribution is 0.411. The lowest BCUT2D eigenvalue weighted by Gasteiger charge is -2.18.